The van der Waals surface area contributed by atoms with Gasteiger partial charge in [0.05, 0.1) is 0 Å². The van der Waals surface area contributed by atoms with Gasteiger partial charge in [-0.3, -0.25) is 5.41 Å². The number of likely N-dealkylation sites (tertiary alicyclic amines) is 1. The average molecular weight is 429 g/mol. The van der Waals surface area contributed by atoms with Gasteiger partial charge in [0.1, 0.15) is 11.4 Å². The second-order valence-corrected chi connectivity index (χ2v) is 11.2. The number of anilines is 1. The molecule has 30 heavy (non-hydrogen) atoms. The van der Waals surface area contributed by atoms with Gasteiger partial charge in [0.25, 0.3) is 0 Å². The maximum absolute atomic E-state index is 12.3. The van der Waals surface area contributed by atoms with Crippen molar-refractivity contribution in [3.05, 3.63) is 46.2 Å². The number of allylic oxidation sites excluding steroid dienone is 2. The molecule has 1 unspecified atom stereocenters. The molecule has 6 nitrogen and oxygen atoms in total. The van der Waals surface area contributed by atoms with Crippen molar-refractivity contribution >= 4 is 28.5 Å². The number of amidine groups is 1. The highest BCUT2D eigenvalue weighted by Gasteiger charge is 2.32. The molecule has 0 saturated carbocycles. The third-order valence-electron chi connectivity index (χ3n) is 5.85. The molecule has 3 heterocycles. The van der Waals surface area contributed by atoms with Gasteiger partial charge < -0.3 is 20.3 Å². The quantitative estimate of drug-likeness (QED) is 0.384. The van der Waals surface area contributed by atoms with E-state index in [1.54, 1.807) is 0 Å². The van der Waals surface area contributed by atoms with E-state index >= 15 is 0 Å². The number of nitrogens with two attached hydrogens (primary N) is 1. The molecule has 1 saturated heterocycles. The first kappa shape index (κ1) is 20.8. The number of hydrogen-bond donors (Lipinski definition) is 3. The van der Waals surface area contributed by atoms with Crippen molar-refractivity contribution in [2.75, 3.05) is 24.5 Å². The summed E-state index contributed by atoms with van der Waals surface area (Å²) < 4.78 is 5.52. The number of ether oxygens (including phenoxy) is 1. The molecule has 1 atom stereocenters. The standard InChI is InChI=1S/C23H32N4O2S/c1-23(2,3)29-22(28)26-11-9-17(10-12-26)27-13-8-16-15-18(6-7-19(16)27)30-14-4-5-20(30)21(24)25/h4-7,14-15,17,30H,8-13H2,1-3H3,(H3,24,25). The first-order valence-corrected chi connectivity index (χ1v) is 12.0. The highest BCUT2D eigenvalue weighted by atomic mass is 32.2. The number of nitrogens with zero attached hydrogens (tertiary/aromatic N) is 2. The molecule has 3 aliphatic rings. The normalized spacial score (nSPS) is 22.8. The summed E-state index contributed by atoms with van der Waals surface area (Å²) in [6, 6.07) is 7.21. The van der Waals surface area contributed by atoms with Gasteiger partial charge in [0.2, 0.25) is 0 Å². The Morgan fingerprint density at radius 3 is 2.63 bits per heavy atom. The lowest BCUT2D eigenvalue weighted by Gasteiger charge is -2.38. The summed E-state index contributed by atoms with van der Waals surface area (Å²) >= 11 is 0. The number of amides is 1. The number of fused-ring (bicyclic) bond motifs is 1. The van der Waals surface area contributed by atoms with Crippen molar-refractivity contribution in [2.24, 2.45) is 5.73 Å². The van der Waals surface area contributed by atoms with Gasteiger partial charge in [-0.05, 0) is 80.2 Å². The van der Waals surface area contributed by atoms with Crippen LogP contribution in [0.1, 0.15) is 39.2 Å². The fourth-order valence-electron chi connectivity index (χ4n) is 4.45. The van der Waals surface area contributed by atoms with Crippen LogP contribution >= 0.6 is 10.9 Å². The first-order valence-electron chi connectivity index (χ1n) is 10.6. The van der Waals surface area contributed by atoms with Crippen LogP contribution in [0.2, 0.25) is 0 Å². The monoisotopic (exact) mass is 428 g/mol. The molecule has 162 valence electrons. The van der Waals surface area contributed by atoms with E-state index < -0.39 is 16.5 Å². The number of carbonyl (C=O) groups excluding carboxylic acids is 1. The zero-order valence-corrected chi connectivity index (χ0v) is 18.9. The molecular formula is C23H32N4O2S. The fraction of sp³-hybridized carbons (Fsp3) is 0.478. The topological polar surface area (TPSA) is 82.7 Å². The number of hydrogen-bond acceptors (Lipinski definition) is 4. The zero-order chi connectivity index (χ0) is 21.5. The number of thiol groups is 1. The molecule has 1 fully saturated rings. The number of piperidine rings is 1. The lowest BCUT2D eigenvalue weighted by Crippen LogP contribution is -2.47. The number of benzene rings is 1. The smallest absolute Gasteiger partial charge is 0.410 e. The highest BCUT2D eigenvalue weighted by Crippen LogP contribution is 2.49. The predicted octanol–water partition coefficient (Wildman–Crippen LogP) is 4.16. The minimum Gasteiger partial charge on any atom is -0.444 e. The summed E-state index contributed by atoms with van der Waals surface area (Å²) in [5, 5.41) is 10.00. The minimum atomic E-state index is -0.649. The average Bonchev–Trinajstić information content (AvgIpc) is 3.33. The fourth-order valence-corrected chi connectivity index (χ4v) is 6.36. The third-order valence-corrected chi connectivity index (χ3v) is 8.07. The van der Waals surface area contributed by atoms with Gasteiger partial charge >= 0.3 is 6.09 Å². The lowest BCUT2D eigenvalue weighted by molar-refractivity contribution is 0.0205. The van der Waals surface area contributed by atoms with Gasteiger partial charge in [0.15, 0.2) is 0 Å². The van der Waals surface area contributed by atoms with Crippen LogP contribution in [-0.2, 0) is 11.2 Å². The number of nitrogens with one attached hydrogen (secondary N) is 1. The zero-order valence-electron chi connectivity index (χ0n) is 18.0. The second kappa shape index (κ2) is 8.02. The summed E-state index contributed by atoms with van der Waals surface area (Å²) in [6.07, 6.45) is 6.75. The second-order valence-electron chi connectivity index (χ2n) is 9.13. The van der Waals surface area contributed by atoms with Crippen molar-refractivity contribution < 1.29 is 9.53 Å². The molecular weight excluding hydrogens is 396 g/mol. The van der Waals surface area contributed by atoms with Crippen LogP contribution in [0.3, 0.4) is 0 Å². The summed E-state index contributed by atoms with van der Waals surface area (Å²) in [4.78, 5) is 18.9. The molecule has 1 aromatic carbocycles. The van der Waals surface area contributed by atoms with E-state index in [0.29, 0.717) is 6.04 Å². The molecule has 4 rings (SSSR count). The van der Waals surface area contributed by atoms with Crippen molar-refractivity contribution in [1.29, 1.82) is 5.41 Å². The van der Waals surface area contributed by atoms with Crippen molar-refractivity contribution in [1.82, 2.24) is 4.90 Å². The Bertz CT molecular complexity index is 910. The van der Waals surface area contributed by atoms with Gasteiger partial charge in [-0.2, -0.15) is 10.9 Å². The van der Waals surface area contributed by atoms with Crippen LogP contribution in [0.25, 0.3) is 0 Å². The van der Waals surface area contributed by atoms with E-state index in [1.807, 2.05) is 37.8 Å². The Morgan fingerprint density at radius 1 is 1.23 bits per heavy atom. The molecule has 0 aliphatic carbocycles. The molecule has 1 aromatic rings. The Morgan fingerprint density at radius 2 is 1.97 bits per heavy atom. The Labute approximate surface area is 181 Å². The van der Waals surface area contributed by atoms with E-state index in [1.165, 1.54) is 16.1 Å². The Hall–Kier alpha value is -2.41. The van der Waals surface area contributed by atoms with E-state index in [4.69, 9.17) is 15.9 Å². The number of carbonyl (C=O) groups is 1. The Balaban J connectivity index is 1.41. The molecule has 0 spiro atoms. The molecule has 1 amide bonds. The molecule has 7 heteroatoms. The van der Waals surface area contributed by atoms with Gasteiger partial charge in [-0.1, -0.05) is 6.08 Å². The molecule has 3 N–H and O–H groups in total. The summed E-state index contributed by atoms with van der Waals surface area (Å²) in [6.45, 7) is 8.23. The predicted molar refractivity (Wildman–Crippen MR) is 125 cm³/mol. The van der Waals surface area contributed by atoms with Crippen molar-refractivity contribution in [2.45, 2.75) is 56.6 Å². The lowest BCUT2D eigenvalue weighted by atomic mass is 10.0. The molecule has 3 aliphatic heterocycles. The van der Waals surface area contributed by atoms with Crippen LogP contribution in [0, 0.1) is 5.41 Å². The molecule has 0 bridgehead atoms. The van der Waals surface area contributed by atoms with Crippen LogP contribution in [0.5, 0.6) is 0 Å². The minimum absolute atomic E-state index is 0.171. The summed E-state index contributed by atoms with van der Waals surface area (Å²) in [5.74, 6) is 0.171. The summed E-state index contributed by atoms with van der Waals surface area (Å²) in [7, 11) is -0.649. The van der Waals surface area contributed by atoms with Crippen molar-refractivity contribution in [3.8, 4) is 0 Å². The van der Waals surface area contributed by atoms with Crippen LogP contribution in [-0.4, -0.2) is 48.1 Å². The van der Waals surface area contributed by atoms with E-state index in [9.17, 15) is 4.79 Å². The summed E-state index contributed by atoms with van der Waals surface area (Å²) in [5.41, 5.74) is 8.02. The van der Waals surface area contributed by atoms with Gasteiger partial charge in [0, 0.05) is 36.3 Å². The highest BCUT2D eigenvalue weighted by molar-refractivity contribution is 8.23. The largest absolute Gasteiger partial charge is 0.444 e. The molecule has 0 aromatic heterocycles. The third kappa shape index (κ3) is 4.21. The van der Waals surface area contributed by atoms with Crippen LogP contribution in [0.4, 0.5) is 10.5 Å². The van der Waals surface area contributed by atoms with E-state index in [0.717, 1.165) is 43.8 Å². The van der Waals surface area contributed by atoms with E-state index in [-0.39, 0.29) is 11.9 Å². The maximum Gasteiger partial charge on any atom is 0.410 e. The first-order chi connectivity index (χ1) is 14.2. The van der Waals surface area contributed by atoms with E-state index in [2.05, 4.69) is 28.5 Å². The molecule has 0 radical (unpaired) electrons. The van der Waals surface area contributed by atoms with Crippen LogP contribution in [0.15, 0.2) is 45.6 Å². The Kier molecular flexibility index (Phi) is 5.57. The number of rotatable bonds is 3. The van der Waals surface area contributed by atoms with Gasteiger partial charge in [-0.25, -0.2) is 4.79 Å². The van der Waals surface area contributed by atoms with Crippen LogP contribution < -0.4 is 10.6 Å². The SMILES string of the molecule is CC(C)(C)OC(=O)N1CCC(N2CCc3cc([SH]4C=CC=C4C(=N)N)ccc32)CC1. The van der Waals surface area contributed by atoms with Gasteiger partial charge in [-0.15, -0.1) is 0 Å². The maximum atomic E-state index is 12.3. The van der Waals surface area contributed by atoms with Crippen molar-refractivity contribution in [3.63, 3.8) is 0 Å².